The van der Waals surface area contributed by atoms with Crippen LogP contribution in [0, 0.1) is 0 Å². The van der Waals surface area contributed by atoms with Gasteiger partial charge in [0.05, 0.1) is 6.61 Å². The van der Waals surface area contributed by atoms with Crippen LogP contribution < -0.4 is 0 Å². The van der Waals surface area contributed by atoms with E-state index in [2.05, 4.69) is 26.3 Å². The molecular weight excluding hydrogens is 280 g/mol. The van der Waals surface area contributed by atoms with Gasteiger partial charge in [-0.15, -0.1) is 6.58 Å². The summed E-state index contributed by atoms with van der Waals surface area (Å²) in [5.74, 6) is -1.01. The zero-order valence-corrected chi connectivity index (χ0v) is 10.7. The van der Waals surface area contributed by atoms with Crippen molar-refractivity contribution in [2.24, 2.45) is 0 Å². The molecular formula is C10H14O8S. The van der Waals surface area contributed by atoms with Crippen molar-refractivity contribution in [2.45, 2.75) is 18.5 Å². The molecule has 1 rings (SSSR count). The van der Waals surface area contributed by atoms with E-state index in [1.165, 1.54) is 12.2 Å². The lowest BCUT2D eigenvalue weighted by atomic mass is 10.2. The van der Waals surface area contributed by atoms with E-state index in [4.69, 9.17) is 4.74 Å². The molecule has 0 spiro atoms. The van der Waals surface area contributed by atoms with Crippen LogP contribution in [0.5, 0.6) is 0 Å². The van der Waals surface area contributed by atoms with Crippen molar-refractivity contribution >= 4 is 16.4 Å². The summed E-state index contributed by atoms with van der Waals surface area (Å²) in [7, 11) is -4.38. The van der Waals surface area contributed by atoms with Gasteiger partial charge in [0.2, 0.25) is 6.10 Å². The normalized spacial score (nSPS) is 26.6. The van der Waals surface area contributed by atoms with Gasteiger partial charge in [0, 0.05) is 0 Å². The number of aliphatic hydroxyl groups is 1. The molecule has 1 heterocycles. The van der Waals surface area contributed by atoms with Gasteiger partial charge in [-0.2, -0.15) is 8.42 Å². The first-order valence-electron chi connectivity index (χ1n) is 5.21. The Hall–Kier alpha value is -1.26. The fourth-order valence-corrected chi connectivity index (χ4v) is 2.20. The fourth-order valence-electron chi connectivity index (χ4n) is 1.25. The van der Waals surface area contributed by atoms with Crippen LogP contribution in [0.4, 0.5) is 0 Å². The first-order chi connectivity index (χ1) is 8.91. The Morgan fingerprint density at radius 3 is 2.53 bits per heavy atom. The molecule has 19 heavy (non-hydrogen) atoms. The van der Waals surface area contributed by atoms with Gasteiger partial charge in [-0.3, -0.25) is 0 Å². The number of carbonyl (C=O) groups excluding carboxylic acids is 1. The minimum Gasteiger partial charge on any atom is -0.459 e. The molecule has 3 unspecified atom stereocenters. The molecule has 9 heteroatoms. The predicted octanol–water partition coefficient (Wildman–Crippen LogP) is -0.735. The highest BCUT2D eigenvalue weighted by molar-refractivity contribution is 7.82. The lowest BCUT2D eigenvalue weighted by Crippen LogP contribution is -2.42. The number of hydrogen-bond donors (Lipinski definition) is 1. The van der Waals surface area contributed by atoms with Gasteiger partial charge in [0.15, 0.2) is 12.4 Å². The van der Waals surface area contributed by atoms with Crippen LogP contribution in [-0.4, -0.2) is 51.2 Å². The Morgan fingerprint density at radius 1 is 1.32 bits per heavy atom. The summed E-state index contributed by atoms with van der Waals surface area (Å²) < 4.78 is 40.6. The zero-order valence-electron chi connectivity index (χ0n) is 9.93. The molecule has 8 nitrogen and oxygen atoms in total. The molecule has 1 saturated heterocycles. The van der Waals surface area contributed by atoms with Crippen molar-refractivity contribution in [3.05, 3.63) is 25.3 Å². The maximum atomic E-state index is 11.6. The maximum Gasteiger partial charge on any atom is 0.401 e. The molecule has 0 aliphatic carbocycles. The fraction of sp³-hybridized carbons (Fsp3) is 0.500. The lowest BCUT2D eigenvalue weighted by Gasteiger charge is -2.18. The molecule has 1 aliphatic rings. The molecule has 0 amide bonds. The summed E-state index contributed by atoms with van der Waals surface area (Å²) in [5.41, 5.74) is 0. The minimum atomic E-state index is -4.38. The summed E-state index contributed by atoms with van der Waals surface area (Å²) in [5, 5.41) is 9.59. The zero-order chi connectivity index (χ0) is 14.5. The Bertz CT molecular complexity index is 442. The Kier molecular flexibility index (Phi) is 5.63. The highest BCUT2D eigenvalue weighted by Gasteiger charge is 2.49. The Morgan fingerprint density at radius 2 is 1.95 bits per heavy atom. The number of esters is 1. The number of hydrogen-bond acceptors (Lipinski definition) is 8. The highest BCUT2D eigenvalue weighted by atomic mass is 32.3. The van der Waals surface area contributed by atoms with Crippen LogP contribution in [0.25, 0.3) is 0 Å². The summed E-state index contributed by atoms with van der Waals surface area (Å²) in [6, 6.07) is 0. The van der Waals surface area contributed by atoms with E-state index in [1.807, 2.05) is 0 Å². The molecule has 0 bridgehead atoms. The van der Waals surface area contributed by atoms with Gasteiger partial charge in [0.1, 0.15) is 6.61 Å². The molecule has 1 N–H and O–H groups in total. The standard InChI is InChI=1S/C10H14O8S/c1-3-5-15-9(11)7-8(10(12)16-6-4-2)18-19(13,14)17-7/h3-4,7-9,11H,1-2,5-6H2. The average Bonchev–Trinajstić information content (AvgIpc) is 2.69. The van der Waals surface area contributed by atoms with Gasteiger partial charge >= 0.3 is 16.4 Å². The van der Waals surface area contributed by atoms with E-state index >= 15 is 0 Å². The second kappa shape index (κ2) is 6.78. The number of rotatable bonds is 7. The summed E-state index contributed by atoms with van der Waals surface area (Å²) >= 11 is 0. The summed E-state index contributed by atoms with van der Waals surface area (Å²) in [6.07, 6.45) is -2.23. The van der Waals surface area contributed by atoms with E-state index in [1.54, 1.807) is 0 Å². The van der Waals surface area contributed by atoms with Crippen molar-refractivity contribution < 1.29 is 36.2 Å². The van der Waals surface area contributed by atoms with Gasteiger partial charge in [-0.1, -0.05) is 18.7 Å². The molecule has 3 atom stereocenters. The minimum absolute atomic E-state index is 0.0600. The van der Waals surface area contributed by atoms with Crippen molar-refractivity contribution in [3.8, 4) is 0 Å². The van der Waals surface area contributed by atoms with Crippen LogP contribution >= 0.6 is 0 Å². The van der Waals surface area contributed by atoms with Crippen molar-refractivity contribution in [3.63, 3.8) is 0 Å². The first-order valence-corrected chi connectivity index (χ1v) is 6.54. The molecule has 0 aromatic heterocycles. The third-order valence-corrected chi connectivity index (χ3v) is 2.89. The smallest absolute Gasteiger partial charge is 0.401 e. The largest absolute Gasteiger partial charge is 0.459 e. The van der Waals surface area contributed by atoms with E-state index in [-0.39, 0.29) is 13.2 Å². The van der Waals surface area contributed by atoms with E-state index in [0.29, 0.717) is 0 Å². The van der Waals surface area contributed by atoms with Gasteiger partial charge < -0.3 is 14.6 Å². The molecule has 1 fully saturated rings. The molecule has 1 aliphatic heterocycles. The van der Waals surface area contributed by atoms with Crippen molar-refractivity contribution in [1.29, 1.82) is 0 Å². The highest BCUT2D eigenvalue weighted by Crippen LogP contribution is 2.25. The van der Waals surface area contributed by atoms with Crippen LogP contribution in [0.3, 0.4) is 0 Å². The van der Waals surface area contributed by atoms with Crippen LogP contribution in [0.2, 0.25) is 0 Å². The van der Waals surface area contributed by atoms with Crippen LogP contribution in [0.1, 0.15) is 0 Å². The molecule has 0 aromatic carbocycles. The van der Waals surface area contributed by atoms with Gasteiger partial charge in [-0.25, -0.2) is 13.2 Å². The Balaban J connectivity index is 2.77. The number of ether oxygens (including phenoxy) is 2. The molecule has 0 aromatic rings. The molecule has 0 radical (unpaired) electrons. The lowest BCUT2D eigenvalue weighted by molar-refractivity contribution is -0.173. The van der Waals surface area contributed by atoms with Crippen LogP contribution in [-0.2, 0) is 33.0 Å². The van der Waals surface area contributed by atoms with Gasteiger partial charge in [-0.05, 0) is 0 Å². The van der Waals surface area contributed by atoms with E-state index in [0.717, 1.165) is 0 Å². The van der Waals surface area contributed by atoms with Crippen molar-refractivity contribution in [2.75, 3.05) is 13.2 Å². The van der Waals surface area contributed by atoms with E-state index < -0.39 is 34.9 Å². The Labute approximate surface area is 110 Å². The number of aliphatic hydroxyl groups excluding tert-OH is 1. The monoisotopic (exact) mass is 294 g/mol. The SMILES string of the molecule is C=CCOC(=O)C1OS(=O)(=O)OC1C(O)OCC=C. The third-order valence-electron chi connectivity index (χ3n) is 1.99. The average molecular weight is 294 g/mol. The second-order valence-corrected chi connectivity index (χ2v) is 4.62. The second-order valence-electron chi connectivity index (χ2n) is 3.42. The number of carbonyl (C=O) groups is 1. The first kappa shape index (κ1) is 15.8. The quantitative estimate of drug-likeness (QED) is 0.372. The summed E-state index contributed by atoms with van der Waals surface area (Å²) in [4.78, 5) is 11.6. The van der Waals surface area contributed by atoms with Crippen LogP contribution in [0.15, 0.2) is 25.3 Å². The van der Waals surface area contributed by atoms with E-state index in [9.17, 15) is 18.3 Å². The third kappa shape index (κ3) is 4.40. The summed E-state index contributed by atoms with van der Waals surface area (Å²) in [6.45, 7) is 6.49. The van der Waals surface area contributed by atoms with Crippen molar-refractivity contribution in [1.82, 2.24) is 0 Å². The molecule has 0 saturated carbocycles. The topological polar surface area (TPSA) is 108 Å². The van der Waals surface area contributed by atoms with Gasteiger partial charge in [0.25, 0.3) is 0 Å². The molecule has 108 valence electrons. The predicted molar refractivity (Wildman–Crippen MR) is 62.0 cm³/mol. The maximum absolute atomic E-state index is 11.6.